The fourth-order valence-electron chi connectivity index (χ4n) is 2.41. The first kappa shape index (κ1) is 13.9. The molecule has 0 spiro atoms. The lowest BCUT2D eigenvalue weighted by Crippen LogP contribution is -2.26. The van der Waals surface area contributed by atoms with Gasteiger partial charge in [-0.25, -0.2) is 8.42 Å². The standard InChI is InChI=1S/C13H14N2O5S/c16-12-6-20-11-2-1-9(5-10(11)15-12)14-13(17)8-3-4-21(18,19)7-8/h1-2,5,8H,3-4,6-7H2,(H,14,17)(H,15,16)/t8-/m0/s1. The summed E-state index contributed by atoms with van der Waals surface area (Å²) in [5.74, 6) is -0.608. The minimum absolute atomic E-state index is 0.0291. The summed E-state index contributed by atoms with van der Waals surface area (Å²) in [6, 6.07) is 4.89. The first-order chi connectivity index (χ1) is 9.93. The lowest BCUT2D eigenvalue weighted by molar-refractivity contribution is -0.119. The second-order valence-electron chi connectivity index (χ2n) is 5.14. The highest BCUT2D eigenvalue weighted by Crippen LogP contribution is 2.31. The van der Waals surface area contributed by atoms with E-state index in [0.29, 0.717) is 23.5 Å². The molecule has 2 aliphatic heterocycles. The summed E-state index contributed by atoms with van der Waals surface area (Å²) in [6.45, 7) is -0.0291. The van der Waals surface area contributed by atoms with Crippen LogP contribution in [0.4, 0.5) is 11.4 Å². The van der Waals surface area contributed by atoms with Gasteiger partial charge in [0.2, 0.25) is 5.91 Å². The van der Waals surface area contributed by atoms with Crippen LogP contribution in [0.3, 0.4) is 0 Å². The van der Waals surface area contributed by atoms with E-state index in [1.807, 2.05) is 0 Å². The first-order valence-electron chi connectivity index (χ1n) is 6.51. The summed E-state index contributed by atoms with van der Waals surface area (Å²) in [7, 11) is -3.09. The highest BCUT2D eigenvalue weighted by atomic mass is 32.2. The van der Waals surface area contributed by atoms with Crippen molar-refractivity contribution in [3.05, 3.63) is 18.2 Å². The molecule has 0 radical (unpaired) electrons. The molecule has 0 unspecified atom stereocenters. The third kappa shape index (κ3) is 2.99. The third-order valence-electron chi connectivity index (χ3n) is 3.48. The van der Waals surface area contributed by atoms with Gasteiger partial charge < -0.3 is 15.4 Å². The maximum atomic E-state index is 12.0. The van der Waals surface area contributed by atoms with E-state index in [9.17, 15) is 18.0 Å². The summed E-state index contributed by atoms with van der Waals surface area (Å²) in [5.41, 5.74) is 0.983. The van der Waals surface area contributed by atoms with E-state index in [1.165, 1.54) is 0 Å². The minimum Gasteiger partial charge on any atom is -0.482 e. The quantitative estimate of drug-likeness (QED) is 0.823. The Bertz CT molecular complexity index is 713. The van der Waals surface area contributed by atoms with Crippen LogP contribution in [0.2, 0.25) is 0 Å². The zero-order valence-electron chi connectivity index (χ0n) is 11.1. The van der Waals surface area contributed by atoms with Crippen LogP contribution in [0, 0.1) is 5.92 Å². The van der Waals surface area contributed by atoms with Crippen LogP contribution in [-0.4, -0.2) is 38.3 Å². The van der Waals surface area contributed by atoms with Gasteiger partial charge in [-0.05, 0) is 24.6 Å². The number of hydrogen-bond donors (Lipinski definition) is 2. The van der Waals surface area contributed by atoms with E-state index in [1.54, 1.807) is 18.2 Å². The molecular formula is C13H14N2O5S. The van der Waals surface area contributed by atoms with Crippen molar-refractivity contribution in [2.45, 2.75) is 6.42 Å². The molecule has 1 aromatic rings. The molecular weight excluding hydrogens is 296 g/mol. The van der Waals surface area contributed by atoms with Gasteiger partial charge in [0.25, 0.3) is 5.91 Å². The van der Waals surface area contributed by atoms with Gasteiger partial charge in [-0.2, -0.15) is 0 Å². The lowest BCUT2D eigenvalue weighted by Gasteiger charge is -2.19. The van der Waals surface area contributed by atoms with Crippen molar-refractivity contribution < 1.29 is 22.7 Å². The summed E-state index contributed by atoms with van der Waals surface area (Å²) in [4.78, 5) is 23.3. The van der Waals surface area contributed by atoms with E-state index >= 15 is 0 Å². The molecule has 0 bridgehead atoms. The van der Waals surface area contributed by atoms with Crippen molar-refractivity contribution >= 4 is 33.0 Å². The number of fused-ring (bicyclic) bond motifs is 1. The van der Waals surface area contributed by atoms with Gasteiger partial charge in [-0.15, -0.1) is 0 Å². The average Bonchev–Trinajstić information content (AvgIpc) is 2.79. The normalized spacial score (nSPS) is 22.9. The van der Waals surface area contributed by atoms with Crippen LogP contribution >= 0.6 is 0 Å². The molecule has 1 atom stereocenters. The molecule has 21 heavy (non-hydrogen) atoms. The molecule has 0 saturated carbocycles. The fraction of sp³-hybridized carbons (Fsp3) is 0.385. The zero-order chi connectivity index (χ0) is 15.0. The van der Waals surface area contributed by atoms with Crippen LogP contribution in [0.5, 0.6) is 5.75 Å². The molecule has 2 amide bonds. The van der Waals surface area contributed by atoms with Crippen molar-refractivity contribution in [3.8, 4) is 5.75 Å². The van der Waals surface area contributed by atoms with Crippen molar-refractivity contribution in [2.24, 2.45) is 5.92 Å². The Morgan fingerprint density at radius 1 is 1.38 bits per heavy atom. The number of carbonyl (C=O) groups is 2. The number of benzene rings is 1. The van der Waals surface area contributed by atoms with Crippen molar-refractivity contribution in [1.29, 1.82) is 0 Å². The Hall–Kier alpha value is -2.09. The summed E-state index contributed by atoms with van der Waals surface area (Å²) in [5, 5.41) is 5.32. The maximum Gasteiger partial charge on any atom is 0.262 e. The molecule has 0 aliphatic carbocycles. The second kappa shape index (κ2) is 5.03. The van der Waals surface area contributed by atoms with E-state index in [0.717, 1.165) is 0 Å². The van der Waals surface area contributed by atoms with Gasteiger partial charge in [0, 0.05) is 5.69 Å². The van der Waals surface area contributed by atoms with Gasteiger partial charge in [-0.1, -0.05) is 0 Å². The maximum absolute atomic E-state index is 12.0. The number of nitrogens with one attached hydrogen (secondary N) is 2. The molecule has 2 heterocycles. The average molecular weight is 310 g/mol. The molecule has 2 N–H and O–H groups in total. The number of rotatable bonds is 2. The fourth-order valence-corrected chi connectivity index (χ4v) is 4.15. The predicted octanol–water partition coefficient (Wildman–Crippen LogP) is 0.391. The van der Waals surface area contributed by atoms with Gasteiger partial charge in [0.1, 0.15) is 5.75 Å². The Kier molecular flexibility index (Phi) is 3.32. The van der Waals surface area contributed by atoms with E-state index in [2.05, 4.69) is 10.6 Å². The van der Waals surface area contributed by atoms with E-state index in [4.69, 9.17) is 4.74 Å². The molecule has 1 fully saturated rings. The SMILES string of the molecule is O=C1COc2ccc(NC(=O)[C@H]3CCS(=O)(=O)C3)cc2N1. The van der Waals surface area contributed by atoms with Crippen molar-refractivity contribution in [1.82, 2.24) is 0 Å². The molecule has 3 rings (SSSR count). The van der Waals surface area contributed by atoms with Gasteiger partial charge in [-0.3, -0.25) is 9.59 Å². The molecule has 0 aromatic heterocycles. The smallest absolute Gasteiger partial charge is 0.262 e. The Balaban J connectivity index is 1.72. The molecule has 2 aliphatic rings. The highest BCUT2D eigenvalue weighted by Gasteiger charge is 2.33. The monoisotopic (exact) mass is 310 g/mol. The number of sulfone groups is 1. The van der Waals surface area contributed by atoms with E-state index < -0.39 is 15.8 Å². The summed E-state index contributed by atoms with van der Waals surface area (Å²) < 4.78 is 28.0. The Morgan fingerprint density at radius 2 is 2.19 bits per heavy atom. The van der Waals surface area contributed by atoms with Gasteiger partial charge in [0.15, 0.2) is 16.4 Å². The molecule has 1 saturated heterocycles. The number of anilines is 2. The largest absolute Gasteiger partial charge is 0.482 e. The van der Waals surface area contributed by atoms with Crippen LogP contribution in [-0.2, 0) is 19.4 Å². The zero-order valence-corrected chi connectivity index (χ0v) is 11.9. The third-order valence-corrected chi connectivity index (χ3v) is 5.25. The van der Waals surface area contributed by atoms with Gasteiger partial charge >= 0.3 is 0 Å². The topological polar surface area (TPSA) is 102 Å². The predicted molar refractivity (Wildman–Crippen MR) is 76.0 cm³/mol. The molecule has 112 valence electrons. The van der Waals surface area contributed by atoms with Crippen molar-refractivity contribution in [2.75, 3.05) is 28.7 Å². The Morgan fingerprint density at radius 3 is 2.90 bits per heavy atom. The van der Waals surface area contributed by atoms with Crippen LogP contribution in [0.15, 0.2) is 18.2 Å². The summed E-state index contributed by atoms with van der Waals surface area (Å²) in [6.07, 6.45) is 0.346. The number of hydrogen-bond acceptors (Lipinski definition) is 5. The van der Waals surface area contributed by atoms with Crippen LogP contribution < -0.4 is 15.4 Å². The van der Waals surface area contributed by atoms with Crippen molar-refractivity contribution in [3.63, 3.8) is 0 Å². The molecule has 7 nitrogen and oxygen atoms in total. The molecule has 1 aromatic carbocycles. The highest BCUT2D eigenvalue weighted by molar-refractivity contribution is 7.91. The minimum atomic E-state index is -3.09. The van der Waals surface area contributed by atoms with E-state index in [-0.39, 0.29) is 29.9 Å². The number of ether oxygens (including phenoxy) is 1. The Labute approximate surface area is 121 Å². The second-order valence-corrected chi connectivity index (χ2v) is 7.37. The van der Waals surface area contributed by atoms with Gasteiger partial charge in [0.05, 0.1) is 23.1 Å². The van der Waals surface area contributed by atoms with Crippen LogP contribution in [0.1, 0.15) is 6.42 Å². The first-order valence-corrected chi connectivity index (χ1v) is 8.33. The number of amides is 2. The number of carbonyl (C=O) groups excluding carboxylic acids is 2. The lowest BCUT2D eigenvalue weighted by atomic mass is 10.1. The molecule has 8 heteroatoms. The van der Waals surface area contributed by atoms with Crippen LogP contribution in [0.25, 0.3) is 0 Å². The summed E-state index contributed by atoms with van der Waals surface area (Å²) >= 11 is 0.